The van der Waals surface area contributed by atoms with E-state index in [0.717, 1.165) is 0 Å². The van der Waals surface area contributed by atoms with Gasteiger partial charge in [0.15, 0.2) is 5.82 Å². The highest BCUT2D eigenvalue weighted by Crippen LogP contribution is 2.27. The molecule has 0 unspecified atom stereocenters. The third-order valence-corrected chi connectivity index (χ3v) is 2.94. The quantitative estimate of drug-likeness (QED) is 0.474. The summed E-state index contributed by atoms with van der Waals surface area (Å²) in [4.78, 5) is 26.3. The van der Waals surface area contributed by atoms with Gasteiger partial charge in [0, 0.05) is 6.20 Å². The fourth-order valence-corrected chi connectivity index (χ4v) is 1.95. The molecule has 20 heavy (non-hydrogen) atoms. The molecular weight excluding hydrogens is 268 g/mol. The highest BCUT2D eigenvalue weighted by atomic mass is 16.6. The van der Waals surface area contributed by atoms with E-state index >= 15 is 0 Å². The molecule has 0 aromatic carbocycles. The van der Waals surface area contributed by atoms with Gasteiger partial charge in [0.05, 0.1) is 12.6 Å². The summed E-state index contributed by atoms with van der Waals surface area (Å²) in [5.74, 6) is -0.424. The zero-order chi connectivity index (χ0) is 14.5. The smallest absolute Gasteiger partial charge is 0.351 e. The zero-order valence-electron chi connectivity index (χ0n) is 10.7. The van der Waals surface area contributed by atoms with E-state index in [1.807, 2.05) is 0 Å². The van der Waals surface area contributed by atoms with Crippen molar-refractivity contribution >= 4 is 11.8 Å². The van der Waals surface area contributed by atoms with Crippen LogP contribution < -0.4 is 16.9 Å². The van der Waals surface area contributed by atoms with E-state index in [-0.39, 0.29) is 25.1 Å². The predicted octanol–water partition coefficient (Wildman–Crippen LogP) is -0.776. The van der Waals surface area contributed by atoms with Gasteiger partial charge in [-0.1, -0.05) is 0 Å². The molecule has 2 atom stereocenters. The lowest BCUT2D eigenvalue weighted by molar-refractivity contribution is -0.146. The van der Waals surface area contributed by atoms with Crippen molar-refractivity contribution in [2.75, 3.05) is 18.6 Å². The molecule has 2 heterocycles. The van der Waals surface area contributed by atoms with Gasteiger partial charge in [0.1, 0.15) is 12.8 Å². The summed E-state index contributed by atoms with van der Waals surface area (Å²) in [6.07, 6.45) is 2.03. The highest BCUT2D eigenvalue weighted by Gasteiger charge is 2.28. The van der Waals surface area contributed by atoms with Gasteiger partial charge in [-0.15, -0.1) is 0 Å². The first-order chi connectivity index (χ1) is 9.63. The fraction of sp³-hybridized carbons (Fsp3) is 0.545. The number of carbonyl (C=O) groups excluding carboxylic acids is 1. The van der Waals surface area contributed by atoms with Gasteiger partial charge < -0.3 is 15.2 Å². The summed E-state index contributed by atoms with van der Waals surface area (Å²) in [6, 6.07) is 1.45. The number of esters is 1. The Balaban J connectivity index is 1.95. The number of hydrogen-bond acceptors (Lipinski definition) is 8. The van der Waals surface area contributed by atoms with Gasteiger partial charge in [0.25, 0.3) is 0 Å². The molecule has 9 nitrogen and oxygen atoms in total. The zero-order valence-corrected chi connectivity index (χ0v) is 10.7. The molecule has 0 aliphatic carbocycles. The molecule has 1 fully saturated rings. The maximum Gasteiger partial charge on any atom is 0.351 e. The highest BCUT2D eigenvalue weighted by molar-refractivity contribution is 5.71. The fourth-order valence-electron chi connectivity index (χ4n) is 1.95. The minimum atomic E-state index is -0.534. The Morgan fingerprint density at radius 2 is 2.45 bits per heavy atom. The second-order valence-corrected chi connectivity index (χ2v) is 4.29. The van der Waals surface area contributed by atoms with Crippen LogP contribution in [-0.4, -0.2) is 40.0 Å². The Labute approximate surface area is 114 Å². The SMILES string of the molecule is NCC(=O)OC[C@@H]1CC[C@H](n2ccc(NO)nc2=O)O1. The summed E-state index contributed by atoms with van der Waals surface area (Å²) < 4.78 is 11.8. The molecule has 4 N–H and O–H groups in total. The normalized spacial score (nSPS) is 21.7. The molecule has 1 aliphatic heterocycles. The van der Waals surface area contributed by atoms with E-state index in [0.29, 0.717) is 12.8 Å². The van der Waals surface area contributed by atoms with Crippen LogP contribution in [0.5, 0.6) is 0 Å². The Kier molecular flexibility index (Phi) is 4.66. The molecule has 0 saturated carbocycles. The van der Waals surface area contributed by atoms with Crippen molar-refractivity contribution in [2.45, 2.75) is 25.2 Å². The van der Waals surface area contributed by atoms with Gasteiger partial charge in [-0.3, -0.25) is 20.0 Å². The number of nitrogens with zero attached hydrogens (tertiary/aromatic N) is 2. The first-order valence-corrected chi connectivity index (χ1v) is 6.14. The third kappa shape index (κ3) is 3.32. The van der Waals surface area contributed by atoms with Crippen LogP contribution in [0.2, 0.25) is 0 Å². The van der Waals surface area contributed by atoms with Crippen LogP contribution in [-0.2, 0) is 14.3 Å². The van der Waals surface area contributed by atoms with Crippen molar-refractivity contribution < 1.29 is 19.5 Å². The maximum absolute atomic E-state index is 11.7. The molecule has 0 amide bonds. The molecule has 0 bridgehead atoms. The number of carbonyl (C=O) groups is 1. The Bertz CT molecular complexity index is 532. The average molecular weight is 284 g/mol. The lowest BCUT2D eigenvalue weighted by Gasteiger charge is -2.15. The average Bonchev–Trinajstić information content (AvgIpc) is 2.93. The second-order valence-electron chi connectivity index (χ2n) is 4.29. The summed E-state index contributed by atoms with van der Waals surface area (Å²) in [5, 5.41) is 8.66. The van der Waals surface area contributed by atoms with Crippen LogP contribution in [0.4, 0.5) is 5.82 Å². The van der Waals surface area contributed by atoms with Crippen molar-refractivity contribution in [3.63, 3.8) is 0 Å². The summed E-state index contributed by atoms with van der Waals surface area (Å²) in [7, 11) is 0. The molecule has 0 radical (unpaired) electrons. The topological polar surface area (TPSA) is 129 Å². The number of ether oxygens (including phenoxy) is 2. The van der Waals surface area contributed by atoms with Crippen molar-refractivity contribution in [3.8, 4) is 0 Å². The van der Waals surface area contributed by atoms with Crippen LogP contribution in [0.15, 0.2) is 17.1 Å². The number of hydrogen-bond donors (Lipinski definition) is 3. The summed E-state index contributed by atoms with van der Waals surface area (Å²) >= 11 is 0. The van der Waals surface area contributed by atoms with Crippen molar-refractivity contribution in [2.24, 2.45) is 5.73 Å². The number of nitrogens with two attached hydrogens (primary N) is 1. The predicted molar refractivity (Wildman–Crippen MR) is 67.1 cm³/mol. The summed E-state index contributed by atoms with van der Waals surface area (Å²) in [5.41, 5.74) is 6.39. The lowest BCUT2D eigenvalue weighted by Crippen LogP contribution is -2.28. The van der Waals surface area contributed by atoms with Gasteiger partial charge in [-0.25, -0.2) is 4.79 Å². The second kappa shape index (κ2) is 6.46. The Morgan fingerprint density at radius 1 is 1.65 bits per heavy atom. The summed E-state index contributed by atoms with van der Waals surface area (Å²) in [6.45, 7) is -0.0554. The third-order valence-electron chi connectivity index (χ3n) is 2.94. The minimum absolute atomic E-state index is 0.0673. The van der Waals surface area contributed by atoms with E-state index in [1.54, 1.807) is 5.48 Å². The largest absolute Gasteiger partial charge is 0.462 e. The number of rotatable bonds is 5. The van der Waals surface area contributed by atoms with Gasteiger partial charge in [-0.2, -0.15) is 4.98 Å². The molecular formula is C11H16N4O5. The Hall–Kier alpha value is -1.97. The molecule has 0 spiro atoms. The molecule has 110 valence electrons. The molecule has 1 aliphatic rings. The number of anilines is 1. The Morgan fingerprint density at radius 3 is 3.10 bits per heavy atom. The van der Waals surface area contributed by atoms with Crippen LogP contribution in [0.1, 0.15) is 19.1 Å². The van der Waals surface area contributed by atoms with E-state index in [9.17, 15) is 9.59 Å². The first kappa shape index (κ1) is 14.4. The molecule has 2 rings (SSSR count). The van der Waals surface area contributed by atoms with Gasteiger partial charge >= 0.3 is 11.7 Å². The van der Waals surface area contributed by atoms with Crippen LogP contribution in [0.25, 0.3) is 0 Å². The molecule has 9 heteroatoms. The van der Waals surface area contributed by atoms with Gasteiger partial charge in [-0.05, 0) is 18.9 Å². The molecule has 1 saturated heterocycles. The van der Waals surface area contributed by atoms with Crippen LogP contribution >= 0.6 is 0 Å². The van der Waals surface area contributed by atoms with E-state index in [4.69, 9.17) is 20.4 Å². The van der Waals surface area contributed by atoms with Crippen LogP contribution in [0, 0.1) is 0 Å². The molecule has 1 aromatic rings. The first-order valence-electron chi connectivity index (χ1n) is 6.14. The van der Waals surface area contributed by atoms with E-state index in [1.165, 1.54) is 16.8 Å². The van der Waals surface area contributed by atoms with E-state index < -0.39 is 17.9 Å². The van der Waals surface area contributed by atoms with Gasteiger partial charge in [0.2, 0.25) is 0 Å². The lowest BCUT2D eigenvalue weighted by atomic mass is 10.2. The number of nitrogens with one attached hydrogen (secondary N) is 1. The van der Waals surface area contributed by atoms with Crippen molar-refractivity contribution in [3.05, 3.63) is 22.7 Å². The maximum atomic E-state index is 11.7. The van der Waals surface area contributed by atoms with E-state index in [2.05, 4.69) is 4.98 Å². The number of aromatic nitrogens is 2. The molecule has 1 aromatic heterocycles. The van der Waals surface area contributed by atoms with Crippen LogP contribution in [0.3, 0.4) is 0 Å². The monoisotopic (exact) mass is 284 g/mol. The van der Waals surface area contributed by atoms with Crippen molar-refractivity contribution in [1.29, 1.82) is 0 Å². The van der Waals surface area contributed by atoms with Crippen molar-refractivity contribution in [1.82, 2.24) is 9.55 Å². The minimum Gasteiger partial charge on any atom is -0.462 e. The standard InChI is InChI=1S/C11H16N4O5/c12-5-10(16)19-6-7-1-2-9(20-7)15-4-3-8(14-18)13-11(15)17/h3-4,7,9,18H,1-2,5-6,12H2,(H,13,14,17)/t7-,9+/m0/s1.